The van der Waals surface area contributed by atoms with Crippen LogP contribution in [0.1, 0.15) is 27.2 Å². The molecule has 0 aliphatic carbocycles. The minimum atomic E-state index is -0.721. The van der Waals surface area contributed by atoms with Crippen LogP contribution >= 0.6 is 0 Å². The number of carbonyl (C=O) groups is 2. The number of ketones is 1. The van der Waals surface area contributed by atoms with E-state index in [9.17, 15) is 9.59 Å². The van der Waals surface area contributed by atoms with E-state index in [1.807, 2.05) is 6.92 Å². The Morgan fingerprint density at radius 3 is 2.38 bits per heavy atom. The lowest BCUT2D eigenvalue weighted by Crippen LogP contribution is -2.28. The van der Waals surface area contributed by atoms with E-state index < -0.39 is 6.03 Å². The number of Topliss-reactive ketones (excluding diaryl/α,β-unsaturated/α-hetero) is 1. The number of hydrogen-bond donors (Lipinski definition) is 2. The van der Waals surface area contributed by atoms with Gasteiger partial charge in [-0.3, -0.25) is 4.79 Å². The van der Waals surface area contributed by atoms with E-state index in [1.54, 1.807) is 6.92 Å². The Hall–Kier alpha value is -1.39. The summed E-state index contributed by atoms with van der Waals surface area (Å²) in [5.41, 5.74) is 7.57. The smallest absolute Gasteiger partial charge is 0.332 e. The number of primary amides is 1. The first kappa shape index (κ1) is 11.6. The second-order valence-corrected chi connectivity index (χ2v) is 2.77. The average molecular weight is 185 g/mol. The Morgan fingerprint density at radius 1 is 1.54 bits per heavy atom. The van der Waals surface area contributed by atoms with Crippen LogP contribution in [0.25, 0.3) is 0 Å². The Labute approximate surface area is 77.4 Å². The molecule has 0 radical (unpaired) electrons. The van der Waals surface area contributed by atoms with Gasteiger partial charge in [0.05, 0.1) is 5.92 Å². The molecule has 0 fully saturated rings. The fourth-order valence-corrected chi connectivity index (χ4v) is 0.844. The molecule has 1 unspecified atom stereocenters. The highest BCUT2D eigenvalue weighted by Crippen LogP contribution is 2.03. The molecule has 0 heterocycles. The molecule has 0 aromatic carbocycles. The fraction of sp³-hybridized carbons (Fsp3) is 0.625. The summed E-state index contributed by atoms with van der Waals surface area (Å²) in [5, 5.41) is 3.73. The maximum absolute atomic E-state index is 11.0. The minimum absolute atomic E-state index is 0.0203. The molecule has 0 aromatic heterocycles. The quantitative estimate of drug-likeness (QED) is 0.497. The Balaban J connectivity index is 4.40. The third-order valence-corrected chi connectivity index (χ3v) is 1.78. The van der Waals surface area contributed by atoms with Crippen molar-refractivity contribution in [3.8, 4) is 0 Å². The summed E-state index contributed by atoms with van der Waals surface area (Å²) in [6, 6.07) is -0.721. The van der Waals surface area contributed by atoms with Crippen LogP contribution in [0.4, 0.5) is 4.79 Å². The third-order valence-electron chi connectivity index (χ3n) is 1.78. The molecule has 5 nitrogen and oxygen atoms in total. The van der Waals surface area contributed by atoms with Crippen molar-refractivity contribution >= 4 is 17.5 Å². The van der Waals surface area contributed by atoms with Gasteiger partial charge in [-0.15, -0.1) is 0 Å². The first-order chi connectivity index (χ1) is 5.99. The Morgan fingerprint density at radius 2 is 2.08 bits per heavy atom. The fourth-order valence-electron chi connectivity index (χ4n) is 0.844. The molecule has 2 amide bonds. The van der Waals surface area contributed by atoms with Gasteiger partial charge in [0.25, 0.3) is 0 Å². The molecular formula is C8H15N3O2. The van der Waals surface area contributed by atoms with Crippen molar-refractivity contribution in [3.63, 3.8) is 0 Å². The summed E-state index contributed by atoms with van der Waals surface area (Å²) in [5.74, 6) is -0.247. The normalized spacial score (nSPS) is 13.6. The molecule has 0 saturated heterocycles. The van der Waals surface area contributed by atoms with Gasteiger partial charge in [0.15, 0.2) is 0 Å². The molecule has 74 valence electrons. The lowest BCUT2D eigenvalue weighted by atomic mass is 10.00. The van der Waals surface area contributed by atoms with Crippen LogP contribution in [0.5, 0.6) is 0 Å². The molecule has 5 heteroatoms. The van der Waals surface area contributed by atoms with E-state index >= 15 is 0 Å². The van der Waals surface area contributed by atoms with Crippen LogP contribution in [0.2, 0.25) is 0 Å². The van der Waals surface area contributed by atoms with E-state index in [4.69, 9.17) is 5.73 Å². The molecule has 0 aliphatic heterocycles. The molecule has 0 saturated carbocycles. The first-order valence-corrected chi connectivity index (χ1v) is 4.11. The van der Waals surface area contributed by atoms with Gasteiger partial charge >= 0.3 is 6.03 Å². The predicted octanol–water partition coefficient (Wildman–Crippen LogP) is 0.646. The SMILES string of the molecule is CC/C(=N/NC(N)=O)C(C)C(C)=O. The second-order valence-electron chi connectivity index (χ2n) is 2.77. The first-order valence-electron chi connectivity index (χ1n) is 4.11. The summed E-state index contributed by atoms with van der Waals surface area (Å²) >= 11 is 0. The van der Waals surface area contributed by atoms with Crippen molar-refractivity contribution in [2.24, 2.45) is 16.8 Å². The number of rotatable bonds is 4. The lowest BCUT2D eigenvalue weighted by molar-refractivity contribution is -0.118. The lowest BCUT2D eigenvalue weighted by Gasteiger charge is -2.08. The van der Waals surface area contributed by atoms with Crippen LogP contribution in [-0.4, -0.2) is 17.5 Å². The van der Waals surface area contributed by atoms with Gasteiger partial charge in [-0.05, 0) is 13.3 Å². The van der Waals surface area contributed by atoms with Crippen LogP contribution in [0.15, 0.2) is 5.10 Å². The summed E-state index contributed by atoms with van der Waals surface area (Å²) in [4.78, 5) is 21.3. The van der Waals surface area contributed by atoms with Crippen molar-refractivity contribution in [1.82, 2.24) is 5.43 Å². The highest BCUT2D eigenvalue weighted by molar-refractivity contribution is 6.03. The number of urea groups is 1. The number of amides is 2. The number of hydrogen-bond acceptors (Lipinski definition) is 3. The van der Waals surface area contributed by atoms with Gasteiger partial charge in [0, 0.05) is 5.71 Å². The van der Waals surface area contributed by atoms with Crippen molar-refractivity contribution in [2.45, 2.75) is 27.2 Å². The molecule has 13 heavy (non-hydrogen) atoms. The van der Waals surface area contributed by atoms with Gasteiger partial charge in [-0.2, -0.15) is 5.10 Å². The average Bonchev–Trinajstić information content (AvgIpc) is 2.04. The Bertz CT molecular complexity index is 236. The van der Waals surface area contributed by atoms with Crippen LogP contribution < -0.4 is 11.2 Å². The zero-order chi connectivity index (χ0) is 10.4. The predicted molar refractivity (Wildman–Crippen MR) is 50.3 cm³/mol. The standard InChI is InChI=1S/C8H15N3O2/c1-4-7(5(2)6(3)12)10-11-8(9)13/h5H,4H2,1-3H3,(H3,9,11,13)/b10-7-. The van der Waals surface area contributed by atoms with Crippen LogP contribution in [0.3, 0.4) is 0 Å². The number of hydrazone groups is 1. The molecule has 0 bridgehead atoms. The third kappa shape index (κ3) is 4.25. The number of nitrogens with zero attached hydrogens (tertiary/aromatic N) is 1. The van der Waals surface area contributed by atoms with E-state index in [0.717, 1.165) is 0 Å². The van der Waals surface area contributed by atoms with Gasteiger partial charge < -0.3 is 5.73 Å². The van der Waals surface area contributed by atoms with Crippen molar-refractivity contribution < 1.29 is 9.59 Å². The molecular weight excluding hydrogens is 170 g/mol. The maximum atomic E-state index is 11.0. The minimum Gasteiger partial charge on any atom is -0.350 e. The summed E-state index contributed by atoms with van der Waals surface area (Å²) < 4.78 is 0. The van der Waals surface area contributed by atoms with E-state index in [0.29, 0.717) is 12.1 Å². The number of carbonyl (C=O) groups excluding carboxylic acids is 2. The monoisotopic (exact) mass is 185 g/mol. The zero-order valence-electron chi connectivity index (χ0n) is 8.13. The topological polar surface area (TPSA) is 84.5 Å². The summed E-state index contributed by atoms with van der Waals surface area (Å²) in [6.45, 7) is 5.09. The molecule has 0 spiro atoms. The maximum Gasteiger partial charge on any atom is 0.332 e. The number of nitrogens with two attached hydrogens (primary N) is 1. The summed E-state index contributed by atoms with van der Waals surface area (Å²) in [7, 11) is 0. The number of nitrogens with one attached hydrogen (secondary N) is 1. The molecule has 0 aliphatic rings. The van der Waals surface area contributed by atoms with Crippen LogP contribution in [-0.2, 0) is 4.79 Å². The molecule has 1 atom stereocenters. The van der Waals surface area contributed by atoms with Gasteiger partial charge in [-0.1, -0.05) is 13.8 Å². The highest BCUT2D eigenvalue weighted by Gasteiger charge is 2.13. The highest BCUT2D eigenvalue weighted by atomic mass is 16.2. The molecule has 3 N–H and O–H groups in total. The van der Waals surface area contributed by atoms with Crippen molar-refractivity contribution in [1.29, 1.82) is 0 Å². The van der Waals surface area contributed by atoms with Crippen LogP contribution in [0, 0.1) is 5.92 Å². The zero-order valence-corrected chi connectivity index (χ0v) is 8.13. The van der Waals surface area contributed by atoms with Gasteiger partial charge in [-0.25, -0.2) is 10.2 Å². The molecule has 0 rings (SSSR count). The molecule has 0 aromatic rings. The van der Waals surface area contributed by atoms with E-state index in [1.165, 1.54) is 6.92 Å². The Kier molecular flexibility index (Phi) is 4.72. The van der Waals surface area contributed by atoms with Crippen molar-refractivity contribution in [3.05, 3.63) is 0 Å². The summed E-state index contributed by atoms with van der Waals surface area (Å²) in [6.07, 6.45) is 0.612. The van der Waals surface area contributed by atoms with E-state index in [2.05, 4.69) is 10.5 Å². The second kappa shape index (κ2) is 5.29. The van der Waals surface area contributed by atoms with E-state index in [-0.39, 0.29) is 11.7 Å². The van der Waals surface area contributed by atoms with Gasteiger partial charge in [0.1, 0.15) is 5.78 Å². The van der Waals surface area contributed by atoms with Gasteiger partial charge in [0.2, 0.25) is 0 Å². The largest absolute Gasteiger partial charge is 0.350 e. The van der Waals surface area contributed by atoms with Crippen molar-refractivity contribution in [2.75, 3.05) is 0 Å².